The van der Waals surface area contributed by atoms with Gasteiger partial charge in [-0.2, -0.15) is 4.57 Å². The van der Waals surface area contributed by atoms with Gasteiger partial charge in [-0.25, -0.2) is 8.42 Å². The third-order valence-electron chi connectivity index (χ3n) is 3.58. The molecule has 0 spiro atoms. The molecule has 2 aromatic rings. The van der Waals surface area contributed by atoms with E-state index >= 15 is 0 Å². The number of nitrogens with zero attached hydrogens (tertiary/aromatic N) is 1. The predicted octanol–water partition coefficient (Wildman–Crippen LogP) is 0.810. The lowest BCUT2D eigenvalue weighted by atomic mass is 10.2. The van der Waals surface area contributed by atoms with Gasteiger partial charge < -0.3 is 14.4 Å². The van der Waals surface area contributed by atoms with E-state index in [2.05, 4.69) is 0 Å². The van der Waals surface area contributed by atoms with Gasteiger partial charge in [0.25, 0.3) is 0 Å². The van der Waals surface area contributed by atoms with Crippen LogP contribution in [0, 0.1) is 6.92 Å². The molecule has 0 aliphatic carbocycles. The van der Waals surface area contributed by atoms with E-state index in [9.17, 15) is 18.1 Å². The fourth-order valence-electron chi connectivity index (χ4n) is 2.33. The summed E-state index contributed by atoms with van der Waals surface area (Å²) in [5, 5.41) is 10.2. The average molecular weight is 351 g/mol. The zero-order valence-electron chi connectivity index (χ0n) is 13.5. The molecule has 1 atom stereocenters. The zero-order valence-corrected chi connectivity index (χ0v) is 14.3. The normalized spacial score (nSPS) is 12.8. The van der Waals surface area contributed by atoms with Crippen LogP contribution in [0.4, 0.5) is 0 Å². The number of rotatable bonds is 8. The highest BCUT2D eigenvalue weighted by Gasteiger charge is 2.17. The Bertz CT molecular complexity index is 776. The molecule has 130 valence electrons. The van der Waals surface area contributed by atoms with Gasteiger partial charge in [-0.05, 0) is 18.6 Å². The lowest BCUT2D eigenvalue weighted by molar-refractivity contribution is -0.710. The number of aromatic nitrogens is 1. The van der Waals surface area contributed by atoms with Crippen LogP contribution in [-0.4, -0.2) is 36.5 Å². The van der Waals surface area contributed by atoms with Gasteiger partial charge in [0.05, 0.1) is 10.1 Å². The Kier molecular flexibility index (Phi) is 6.30. The first-order chi connectivity index (χ1) is 11.3. The maximum absolute atomic E-state index is 10.8. The van der Waals surface area contributed by atoms with Gasteiger partial charge in [-0.15, -0.1) is 0 Å². The Labute approximate surface area is 142 Å². The highest BCUT2D eigenvalue weighted by molar-refractivity contribution is 7.85. The molecule has 2 rings (SSSR count). The average Bonchev–Trinajstić information content (AvgIpc) is 2.52. The van der Waals surface area contributed by atoms with Crippen molar-refractivity contribution in [1.82, 2.24) is 0 Å². The molecular formula is C17H21NO5S. The molecule has 7 heteroatoms. The Balaban J connectivity index is 1.96. The van der Waals surface area contributed by atoms with Crippen LogP contribution in [0.3, 0.4) is 0 Å². The van der Waals surface area contributed by atoms with E-state index < -0.39 is 22.0 Å². The summed E-state index contributed by atoms with van der Waals surface area (Å²) < 4.78 is 39.7. The van der Waals surface area contributed by atoms with E-state index in [1.54, 1.807) is 29.0 Å². The summed E-state index contributed by atoms with van der Waals surface area (Å²) in [6.07, 6.45) is 1.08. The van der Waals surface area contributed by atoms with Crippen molar-refractivity contribution >= 4 is 10.1 Å². The fraction of sp³-hybridized carbons (Fsp3) is 0.353. The zero-order chi connectivity index (χ0) is 17.6. The van der Waals surface area contributed by atoms with Crippen LogP contribution >= 0.6 is 0 Å². The number of hydrogen-bond acceptors (Lipinski definition) is 5. The largest absolute Gasteiger partial charge is 0.748 e. The van der Waals surface area contributed by atoms with Crippen LogP contribution in [0.2, 0.25) is 0 Å². The summed E-state index contributed by atoms with van der Waals surface area (Å²) in [5.41, 5.74) is 1.66. The predicted molar refractivity (Wildman–Crippen MR) is 87.6 cm³/mol. The van der Waals surface area contributed by atoms with Crippen molar-refractivity contribution in [2.24, 2.45) is 0 Å². The van der Waals surface area contributed by atoms with Gasteiger partial charge in [0.15, 0.2) is 18.4 Å². The SMILES string of the molecule is Cc1ccccc1OCC(O)C[n+]1ccccc1CCS(=O)(=O)[O-]. The first-order valence-electron chi connectivity index (χ1n) is 7.62. The van der Waals surface area contributed by atoms with E-state index in [0.717, 1.165) is 5.56 Å². The summed E-state index contributed by atoms with van der Waals surface area (Å²) in [6, 6.07) is 12.8. The number of benzene rings is 1. The Morgan fingerprint density at radius 1 is 1.21 bits per heavy atom. The topological polar surface area (TPSA) is 90.5 Å². The number of ether oxygens (including phenoxy) is 1. The smallest absolute Gasteiger partial charge is 0.182 e. The lowest BCUT2D eigenvalue weighted by Crippen LogP contribution is -2.45. The quantitative estimate of drug-likeness (QED) is 0.561. The molecule has 0 fully saturated rings. The van der Waals surface area contributed by atoms with Crippen molar-refractivity contribution in [2.75, 3.05) is 12.4 Å². The van der Waals surface area contributed by atoms with Crippen LogP contribution in [0.25, 0.3) is 0 Å². The van der Waals surface area contributed by atoms with Crippen molar-refractivity contribution in [3.8, 4) is 5.75 Å². The minimum absolute atomic E-state index is 0.109. The molecule has 0 radical (unpaired) electrons. The summed E-state index contributed by atoms with van der Waals surface area (Å²) in [7, 11) is -4.27. The molecule has 1 heterocycles. The monoisotopic (exact) mass is 351 g/mol. The summed E-state index contributed by atoms with van der Waals surface area (Å²) in [6.45, 7) is 2.29. The molecule has 1 unspecified atom stereocenters. The van der Waals surface area contributed by atoms with Crippen molar-refractivity contribution in [2.45, 2.75) is 26.0 Å². The van der Waals surface area contributed by atoms with E-state index in [0.29, 0.717) is 11.4 Å². The number of aliphatic hydroxyl groups is 1. The number of para-hydroxylation sites is 1. The molecule has 0 aliphatic rings. The molecule has 1 N–H and O–H groups in total. The minimum atomic E-state index is -4.27. The van der Waals surface area contributed by atoms with Gasteiger partial charge in [-0.3, -0.25) is 0 Å². The summed E-state index contributed by atoms with van der Waals surface area (Å²) in [5.74, 6) is 0.250. The molecule has 1 aromatic carbocycles. The number of pyridine rings is 1. The Morgan fingerprint density at radius 2 is 1.92 bits per heavy atom. The molecule has 0 aliphatic heterocycles. The third-order valence-corrected chi connectivity index (χ3v) is 4.28. The number of aryl methyl sites for hydroxylation is 2. The maximum atomic E-state index is 10.8. The van der Waals surface area contributed by atoms with E-state index in [-0.39, 0.29) is 19.6 Å². The molecule has 0 bridgehead atoms. The molecular weight excluding hydrogens is 330 g/mol. The van der Waals surface area contributed by atoms with Gasteiger partial charge >= 0.3 is 0 Å². The number of aliphatic hydroxyl groups excluding tert-OH is 1. The van der Waals surface area contributed by atoms with Crippen LogP contribution in [0.5, 0.6) is 5.75 Å². The highest BCUT2D eigenvalue weighted by atomic mass is 32.2. The van der Waals surface area contributed by atoms with Crippen molar-refractivity contribution in [3.05, 3.63) is 59.9 Å². The second-order valence-corrected chi connectivity index (χ2v) is 7.11. The lowest BCUT2D eigenvalue weighted by Gasteiger charge is -2.13. The Hall–Kier alpha value is -1.96. The van der Waals surface area contributed by atoms with Crippen LogP contribution in [-0.2, 0) is 23.1 Å². The Morgan fingerprint density at radius 3 is 2.62 bits per heavy atom. The van der Waals surface area contributed by atoms with Crippen LogP contribution in [0.1, 0.15) is 11.3 Å². The van der Waals surface area contributed by atoms with E-state index in [1.165, 1.54) is 0 Å². The van der Waals surface area contributed by atoms with Crippen LogP contribution in [0.15, 0.2) is 48.7 Å². The second kappa shape index (κ2) is 8.23. The third kappa shape index (κ3) is 5.92. The standard InChI is InChI=1S/C17H21NO5S/c1-14-6-2-3-8-17(14)23-13-16(19)12-18-10-5-4-7-15(18)9-11-24(20,21)22/h2-8,10,16,19H,9,11-13H2,1H3. The first-order valence-corrected chi connectivity index (χ1v) is 9.20. The van der Waals surface area contributed by atoms with Gasteiger partial charge in [0, 0.05) is 24.3 Å². The van der Waals surface area contributed by atoms with E-state index in [1.807, 2.05) is 31.2 Å². The fourth-order valence-corrected chi connectivity index (χ4v) is 2.79. The van der Waals surface area contributed by atoms with Gasteiger partial charge in [0.1, 0.15) is 18.5 Å². The first kappa shape index (κ1) is 18.4. The van der Waals surface area contributed by atoms with Crippen molar-refractivity contribution in [1.29, 1.82) is 0 Å². The van der Waals surface area contributed by atoms with Crippen molar-refractivity contribution in [3.63, 3.8) is 0 Å². The molecule has 0 amide bonds. The second-order valence-electron chi connectivity index (χ2n) is 5.59. The molecule has 6 nitrogen and oxygen atoms in total. The summed E-state index contributed by atoms with van der Waals surface area (Å²) >= 11 is 0. The molecule has 0 saturated heterocycles. The summed E-state index contributed by atoms with van der Waals surface area (Å²) in [4.78, 5) is 0. The molecule has 1 aromatic heterocycles. The van der Waals surface area contributed by atoms with Crippen molar-refractivity contribution < 1.29 is 27.4 Å². The maximum Gasteiger partial charge on any atom is 0.182 e. The van der Waals surface area contributed by atoms with Gasteiger partial charge in [0.2, 0.25) is 0 Å². The van der Waals surface area contributed by atoms with Crippen LogP contribution < -0.4 is 9.30 Å². The number of hydrogen-bond donors (Lipinski definition) is 1. The van der Waals surface area contributed by atoms with Gasteiger partial charge in [-0.1, -0.05) is 24.3 Å². The highest BCUT2D eigenvalue weighted by Crippen LogP contribution is 2.16. The van der Waals surface area contributed by atoms with E-state index in [4.69, 9.17) is 4.74 Å². The minimum Gasteiger partial charge on any atom is -0.748 e. The molecule has 24 heavy (non-hydrogen) atoms. The molecule has 0 saturated carbocycles.